The van der Waals surface area contributed by atoms with E-state index in [2.05, 4.69) is 5.10 Å². The van der Waals surface area contributed by atoms with Crippen LogP contribution in [0.3, 0.4) is 0 Å². The molecule has 11 nitrogen and oxygen atoms in total. The van der Waals surface area contributed by atoms with Crippen molar-refractivity contribution in [1.29, 1.82) is 0 Å². The number of carbonyl (C=O) groups excluding carboxylic acids is 1. The van der Waals surface area contributed by atoms with Gasteiger partial charge in [0.25, 0.3) is 0 Å². The van der Waals surface area contributed by atoms with Gasteiger partial charge in [-0.15, -0.1) is 5.10 Å². The lowest BCUT2D eigenvalue weighted by molar-refractivity contribution is -0.278. The number of benzene rings is 1. The van der Waals surface area contributed by atoms with Crippen LogP contribution in [-0.2, 0) is 20.6 Å². The Morgan fingerprint density at radius 1 is 1.00 bits per heavy atom. The molecule has 0 amide bonds. The minimum absolute atomic E-state index is 0.0329. The van der Waals surface area contributed by atoms with E-state index in [0.29, 0.717) is 6.42 Å². The van der Waals surface area contributed by atoms with E-state index in [4.69, 9.17) is 23.7 Å². The zero-order chi connectivity index (χ0) is 28.9. The number of aliphatic hydroxyl groups is 3. The van der Waals surface area contributed by atoms with Gasteiger partial charge in [-0.1, -0.05) is 26.0 Å². The van der Waals surface area contributed by atoms with Crippen molar-refractivity contribution in [1.82, 2.24) is 9.78 Å². The second-order valence-corrected chi connectivity index (χ2v) is 10.8. The molecule has 218 valence electrons. The number of hydrogen-bond donors (Lipinski definition) is 3. The molecule has 1 fully saturated rings. The predicted molar refractivity (Wildman–Crippen MR) is 142 cm³/mol. The van der Waals surface area contributed by atoms with Crippen LogP contribution >= 0.6 is 0 Å². The van der Waals surface area contributed by atoms with Crippen molar-refractivity contribution in [2.75, 3.05) is 13.2 Å². The number of ether oxygens (including phenoxy) is 5. The Hall–Kier alpha value is -2.86. The largest absolute Gasteiger partial charge is 0.508 e. The number of carbonyl (C=O) groups is 1. The Labute approximate surface area is 229 Å². The third-order valence-electron chi connectivity index (χ3n) is 6.20. The molecule has 5 atom stereocenters. The van der Waals surface area contributed by atoms with E-state index >= 15 is 0 Å². The molecule has 0 unspecified atom stereocenters. The Morgan fingerprint density at radius 3 is 2.26 bits per heavy atom. The summed E-state index contributed by atoms with van der Waals surface area (Å²) >= 11 is 0. The maximum Gasteiger partial charge on any atom is 0.508 e. The van der Waals surface area contributed by atoms with E-state index in [-0.39, 0.29) is 30.6 Å². The lowest BCUT2D eigenvalue weighted by Gasteiger charge is -2.39. The number of hydrogen-bond acceptors (Lipinski definition) is 10. The Balaban J connectivity index is 1.78. The van der Waals surface area contributed by atoms with Gasteiger partial charge in [0.05, 0.1) is 12.7 Å². The fourth-order valence-corrected chi connectivity index (χ4v) is 4.18. The van der Waals surface area contributed by atoms with Crippen LogP contribution in [0, 0.1) is 12.8 Å². The van der Waals surface area contributed by atoms with Gasteiger partial charge in [-0.05, 0) is 58.2 Å². The van der Waals surface area contributed by atoms with Gasteiger partial charge in [-0.2, -0.15) is 0 Å². The topological polar surface area (TPSA) is 142 Å². The van der Waals surface area contributed by atoms with Crippen molar-refractivity contribution in [2.24, 2.45) is 5.92 Å². The van der Waals surface area contributed by atoms with Crippen LogP contribution in [0.4, 0.5) is 4.79 Å². The fraction of sp³-hybridized carbons (Fsp3) is 0.643. The zero-order valence-electron chi connectivity index (χ0n) is 23.7. The molecule has 0 saturated carbocycles. The van der Waals surface area contributed by atoms with Crippen molar-refractivity contribution >= 4 is 6.16 Å². The molecule has 1 aliphatic heterocycles. The monoisotopic (exact) mass is 550 g/mol. The second-order valence-electron chi connectivity index (χ2n) is 10.8. The van der Waals surface area contributed by atoms with Gasteiger partial charge < -0.3 is 39.0 Å². The number of aliphatic hydroxyl groups excluding tert-OH is 3. The van der Waals surface area contributed by atoms with Crippen LogP contribution in [0.5, 0.6) is 11.6 Å². The highest BCUT2D eigenvalue weighted by Crippen LogP contribution is 2.31. The van der Waals surface area contributed by atoms with Crippen molar-refractivity contribution in [2.45, 2.75) is 97.7 Å². The number of nitrogens with zero attached hydrogens (tertiary/aromatic N) is 2. The van der Waals surface area contributed by atoms with E-state index < -0.39 is 43.5 Å². The average Bonchev–Trinajstić information content (AvgIpc) is 3.18. The van der Waals surface area contributed by atoms with Crippen molar-refractivity contribution in [3.63, 3.8) is 0 Å². The first kappa shape index (κ1) is 30.7. The Bertz CT molecular complexity index is 1070. The highest BCUT2D eigenvalue weighted by atomic mass is 16.7. The highest BCUT2D eigenvalue weighted by molar-refractivity contribution is 5.59. The first-order valence-corrected chi connectivity index (χ1v) is 13.4. The summed E-state index contributed by atoms with van der Waals surface area (Å²) in [6.07, 6.45) is -7.60. The second kappa shape index (κ2) is 13.5. The van der Waals surface area contributed by atoms with Gasteiger partial charge >= 0.3 is 6.16 Å². The van der Waals surface area contributed by atoms with Crippen LogP contribution < -0.4 is 9.47 Å². The zero-order valence-corrected chi connectivity index (χ0v) is 23.7. The lowest BCUT2D eigenvalue weighted by atomic mass is 9.99. The summed E-state index contributed by atoms with van der Waals surface area (Å²) in [5, 5.41) is 36.1. The molecule has 11 heteroatoms. The maximum absolute atomic E-state index is 11.9. The smallest absolute Gasteiger partial charge is 0.491 e. The third-order valence-corrected chi connectivity index (χ3v) is 6.20. The predicted octanol–water partition coefficient (Wildman–Crippen LogP) is 3.15. The van der Waals surface area contributed by atoms with Crippen LogP contribution in [-0.4, -0.2) is 81.3 Å². The molecule has 1 aromatic carbocycles. The summed E-state index contributed by atoms with van der Waals surface area (Å²) in [7, 11) is 0. The molecule has 1 aromatic heterocycles. The first-order chi connectivity index (χ1) is 18.4. The molecule has 3 rings (SSSR count). The number of rotatable bonds is 11. The van der Waals surface area contributed by atoms with Crippen molar-refractivity contribution < 1.29 is 43.8 Å². The van der Waals surface area contributed by atoms with Crippen LogP contribution in [0.1, 0.15) is 64.4 Å². The molecule has 1 saturated heterocycles. The molecule has 0 radical (unpaired) electrons. The summed E-state index contributed by atoms with van der Waals surface area (Å²) in [5.41, 5.74) is 2.65. The molecule has 2 aromatic rings. The van der Waals surface area contributed by atoms with E-state index in [1.807, 2.05) is 77.4 Å². The minimum Gasteiger partial charge on any atom is -0.491 e. The molecule has 2 heterocycles. The molecule has 3 N–H and O–H groups in total. The quantitative estimate of drug-likeness (QED) is 0.357. The SMILES string of the molecule is Cc1c(Cc2ccc(OC(C)C)cc2)c(O[C@@H]2O[C@H](COC(=O)OCC(C)C)[C@@H](O)[C@H](O)[C@H]2O)nn1C(C)C. The van der Waals surface area contributed by atoms with Crippen LogP contribution in [0.25, 0.3) is 0 Å². The van der Waals surface area contributed by atoms with Crippen LogP contribution in [0.15, 0.2) is 24.3 Å². The molecule has 1 aliphatic rings. The molecule has 0 bridgehead atoms. The Kier molecular flexibility index (Phi) is 10.6. The summed E-state index contributed by atoms with van der Waals surface area (Å²) in [6.45, 7) is 13.4. The van der Waals surface area contributed by atoms with Gasteiger partial charge in [0.1, 0.15) is 36.8 Å². The highest BCUT2D eigenvalue weighted by Gasteiger charge is 2.46. The van der Waals surface area contributed by atoms with Gasteiger partial charge in [0.15, 0.2) is 0 Å². The molecule has 0 spiro atoms. The van der Waals surface area contributed by atoms with E-state index in [9.17, 15) is 20.1 Å². The summed E-state index contributed by atoms with van der Waals surface area (Å²) in [4.78, 5) is 11.9. The van der Waals surface area contributed by atoms with Gasteiger partial charge in [0.2, 0.25) is 12.2 Å². The standard InChI is InChI=1S/C28H42N2O9/c1-15(2)13-35-28(34)36-14-22-23(31)24(32)25(33)27(38-22)39-26-21(18(7)30(29-26)16(3)4)12-19-8-10-20(11-9-19)37-17(5)6/h8-11,15-17,22-25,27,31-33H,12-14H2,1-7H3/t22-,23-,24+,25-,27+/m1/s1. The minimum atomic E-state index is -1.60. The van der Waals surface area contributed by atoms with E-state index in [1.54, 1.807) is 0 Å². The average molecular weight is 551 g/mol. The summed E-state index contributed by atoms with van der Waals surface area (Å²) < 4.78 is 29.3. The fourth-order valence-electron chi connectivity index (χ4n) is 4.18. The molecular formula is C28H42N2O9. The molecular weight excluding hydrogens is 508 g/mol. The molecule has 0 aliphatic carbocycles. The van der Waals surface area contributed by atoms with Gasteiger partial charge in [0, 0.05) is 23.7 Å². The Morgan fingerprint density at radius 2 is 1.67 bits per heavy atom. The number of aromatic nitrogens is 2. The van der Waals surface area contributed by atoms with Gasteiger partial charge in [-0.3, -0.25) is 4.68 Å². The first-order valence-electron chi connectivity index (χ1n) is 13.4. The van der Waals surface area contributed by atoms with E-state index in [1.165, 1.54) is 0 Å². The van der Waals surface area contributed by atoms with E-state index in [0.717, 1.165) is 22.6 Å². The normalized spacial score (nSPS) is 23.4. The maximum atomic E-state index is 11.9. The lowest BCUT2D eigenvalue weighted by Crippen LogP contribution is -2.60. The van der Waals surface area contributed by atoms with Crippen LogP contribution in [0.2, 0.25) is 0 Å². The van der Waals surface area contributed by atoms with Gasteiger partial charge in [-0.25, -0.2) is 4.79 Å². The summed E-state index contributed by atoms with van der Waals surface area (Å²) in [5.74, 6) is 1.12. The summed E-state index contributed by atoms with van der Waals surface area (Å²) in [6, 6.07) is 7.77. The van der Waals surface area contributed by atoms with Crippen molar-refractivity contribution in [3.8, 4) is 11.6 Å². The van der Waals surface area contributed by atoms with Crippen molar-refractivity contribution in [3.05, 3.63) is 41.1 Å². The third kappa shape index (κ3) is 8.07. The molecule has 39 heavy (non-hydrogen) atoms.